The van der Waals surface area contributed by atoms with Crippen molar-refractivity contribution in [3.63, 3.8) is 0 Å². The van der Waals surface area contributed by atoms with Gasteiger partial charge in [0.05, 0.1) is 11.2 Å². The number of carbonyl (C=O) groups excluding carboxylic acids is 1. The van der Waals surface area contributed by atoms with Crippen LogP contribution in [0.15, 0.2) is 0 Å². The van der Waals surface area contributed by atoms with Crippen molar-refractivity contribution < 1.29 is 14.6 Å². The van der Waals surface area contributed by atoms with Crippen LogP contribution in [-0.2, 0) is 9.53 Å². The van der Waals surface area contributed by atoms with Crippen molar-refractivity contribution in [1.82, 2.24) is 5.32 Å². The minimum atomic E-state index is -1.14. The molecule has 2 unspecified atom stereocenters. The summed E-state index contributed by atoms with van der Waals surface area (Å²) < 4.78 is 5.88. The molecule has 1 aliphatic heterocycles. The Kier molecular flexibility index (Phi) is 3.62. The maximum absolute atomic E-state index is 10.7. The Bertz CT molecular complexity index is 276. The molecule has 94 valence electrons. The predicted octanol–water partition coefficient (Wildman–Crippen LogP) is -0.232. The van der Waals surface area contributed by atoms with Crippen LogP contribution in [0.5, 0.6) is 0 Å². The minimum Gasteiger partial charge on any atom is -0.382 e. The predicted molar refractivity (Wildman–Crippen MR) is 60.9 cm³/mol. The van der Waals surface area contributed by atoms with Gasteiger partial charge in [0.1, 0.15) is 6.10 Å². The molecule has 2 atom stereocenters. The molecule has 1 aliphatic rings. The molecule has 4 N–H and O–H groups in total. The molecule has 0 radical (unpaired) electrons. The number of aliphatic hydroxyl groups excluding tert-OH is 1. The van der Waals surface area contributed by atoms with Crippen LogP contribution in [0, 0.1) is 0 Å². The van der Waals surface area contributed by atoms with E-state index >= 15 is 0 Å². The van der Waals surface area contributed by atoms with Gasteiger partial charge in [-0.1, -0.05) is 0 Å². The minimum absolute atomic E-state index is 0.108. The maximum Gasteiger partial charge on any atom is 0.247 e. The summed E-state index contributed by atoms with van der Waals surface area (Å²) in [5.74, 6) is -0.705. The van der Waals surface area contributed by atoms with Gasteiger partial charge in [-0.15, -0.1) is 0 Å². The van der Waals surface area contributed by atoms with Gasteiger partial charge < -0.3 is 20.9 Å². The lowest BCUT2D eigenvalue weighted by Crippen LogP contribution is -2.48. The Labute approximate surface area is 96.3 Å². The number of hydrogen-bond acceptors (Lipinski definition) is 4. The molecule has 0 aromatic heterocycles. The standard InChI is InChI=1S/C11H22N2O3/c1-10(2)5-8(11(3,4)16-10)13-6-7(14)9(12)15/h7-8,13-14H,5-6H2,1-4H3,(H2,12,15). The van der Waals surface area contributed by atoms with E-state index in [9.17, 15) is 9.90 Å². The van der Waals surface area contributed by atoms with Gasteiger partial charge in [0.15, 0.2) is 0 Å². The fourth-order valence-corrected chi connectivity index (χ4v) is 2.23. The lowest BCUT2D eigenvalue weighted by molar-refractivity contribution is -0.126. The van der Waals surface area contributed by atoms with Crippen LogP contribution < -0.4 is 11.1 Å². The Balaban J connectivity index is 2.52. The summed E-state index contributed by atoms with van der Waals surface area (Å²) in [6.07, 6.45) is -0.301. The molecule has 16 heavy (non-hydrogen) atoms. The van der Waals surface area contributed by atoms with Crippen molar-refractivity contribution in [3.05, 3.63) is 0 Å². The molecule has 5 heteroatoms. The number of rotatable bonds is 4. The summed E-state index contributed by atoms with van der Waals surface area (Å²) in [7, 11) is 0. The summed E-state index contributed by atoms with van der Waals surface area (Å²) in [4.78, 5) is 10.7. The Hall–Kier alpha value is -0.650. The van der Waals surface area contributed by atoms with Crippen LogP contribution in [0.1, 0.15) is 34.1 Å². The zero-order valence-corrected chi connectivity index (χ0v) is 10.4. The summed E-state index contributed by atoms with van der Waals surface area (Å²) in [5.41, 5.74) is 4.50. The van der Waals surface area contributed by atoms with Crippen molar-refractivity contribution in [2.75, 3.05) is 6.54 Å². The van der Waals surface area contributed by atoms with E-state index in [1.807, 2.05) is 27.7 Å². The van der Waals surface area contributed by atoms with Gasteiger partial charge in [-0.25, -0.2) is 0 Å². The van der Waals surface area contributed by atoms with Crippen molar-refractivity contribution in [2.45, 2.75) is 57.5 Å². The third-order valence-corrected chi connectivity index (χ3v) is 2.96. The number of nitrogens with two attached hydrogens (primary N) is 1. The first-order valence-corrected chi connectivity index (χ1v) is 5.55. The number of nitrogens with one attached hydrogen (secondary N) is 1. The average Bonchev–Trinajstić information content (AvgIpc) is 2.29. The van der Waals surface area contributed by atoms with Crippen molar-refractivity contribution in [1.29, 1.82) is 0 Å². The first-order chi connectivity index (χ1) is 7.14. The smallest absolute Gasteiger partial charge is 0.247 e. The molecule has 0 aromatic rings. The summed E-state index contributed by atoms with van der Waals surface area (Å²) in [6.45, 7) is 8.22. The highest BCUT2D eigenvalue weighted by molar-refractivity contribution is 5.78. The van der Waals surface area contributed by atoms with Crippen LogP contribution in [0.4, 0.5) is 0 Å². The SMILES string of the molecule is CC1(C)CC(NCC(O)C(N)=O)C(C)(C)O1. The molecule has 1 fully saturated rings. The quantitative estimate of drug-likeness (QED) is 0.623. The molecule has 0 bridgehead atoms. The highest BCUT2D eigenvalue weighted by Gasteiger charge is 2.45. The lowest BCUT2D eigenvalue weighted by atomic mass is 9.94. The average molecular weight is 230 g/mol. The first-order valence-electron chi connectivity index (χ1n) is 5.55. The van der Waals surface area contributed by atoms with Gasteiger partial charge >= 0.3 is 0 Å². The Morgan fingerprint density at radius 1 is 1.56 bits per heavy atom. The number of primary amides is 1. The lowest BCUT2D eigenvalue weighted by Gasteiger charge is -2.28. The van der Waals surface area contributed by atoms with Crippen LogP contribution in [0.3, 0.4) is 0 Å². The van der Waals surface area contributed by atoms with Crippen LogP contribution in [0.25, 0.3) is 0 Å². The molecule has 5 nitrogen and oxygen atoms in total. The van der Waals surface area contributed by atoms with Gasteiger partial charge in [0.25, 0.3) is 0 Å². The van der Waals surface area contributed by atoms with Crippen molar-refractivity contribution in [2.24, 2.45) is 5.73 Å². The van der Waals surface area contributed by atoms with E-state index in [0.29, 0.717) is 0 Å². The van der Waals surface area contributed by atoms with E-state index in [-0.39, 0.29) is 23.8 Å². The van der Waals surface area contributed by atoms with Gasteiger partial charge in [-0.2, -0.15) is 0 Å². The highest BCUT2D eigenvalue weighted by atomic mass is 16.5. The van der Waals surface area contributed by atoms with Gasteiger partial charge in [-0.3, -0.25) is 4.79 Å². The summed E-state index contributed by atoms with van der Waals surface area (Å²) in [6, 6.07) is 0.108. The van der Waals surface area contributed by atoms with Gasteiger partial charge in [-0.05, 0) is 34.1 Å². The first kappa shape index (κ1) is 13.4. The zero-order valence-electron chi connectivity index (χ0n) is 10.4. The van der Waals surface area contributed by atoms with E-state index in [0.717, 1.165) is 6.42 Å². The second-order valence-corrected chi connectivity index (χ2v) is 5.55. The van der Waals surface area contributed by atoms with Crippen LogP contribution in [0.2, 0.25) is 0 Å². The molecule has 0 saturated carbocycles. The van der Waals surface area contributed by atoms with E-state index < -0.39 is 12.0 Å². The molecule has 0 spiro atoms. The van der Waals surface area contributed by atoms with Crippen molar-refractivity contribution >= 4 is 5.91 Å². The molecule has 1 heterocycles. The van der Waals surface area contributed by atoms with Crippen LogP contribution >= 0.6 is 0 Å². The fraction of sp³-hybridized carbons (Fsp3) is 0.909. The third kappa shape index (κ3) is 3.17. The molecular weight excluding hydrogens is 208 g/mol. The van der Waals surface area contributed by atoms with E-state index in [1.165, 1.54) is 0 Å². The number of carbonyl (C=O) groups is 1. The zero-order chi connectivity index (χ0) is 12.6. The second-order valence-electron chi connectivity index (χ2n) is 5.55. The van der Waals surface area contributed by atoms with Gasteiger partial charge in [0, 0.05) is 12.6 Å². The highest BCUT2D eigenvalue weighted by Crippen LogP contribution is 2.37. The van der Waals surface area contributed by atoms with Gasteiger partial charge in [0.2, 0.25) is 5.91 Å². The summed E-state index contributed by atoms with van der Waals surface area (Å²) in [5, 5.41) is 12.4. The van der Waals surface area contributed by atoms with E-state index in [4.69, 9.17) is 10.5 Å². The fourth-order valence-electron chi connectivity index (χ4n) is 2.23. The third-order valence-electron chi connectivity index (χ3n) is 2.96. The number of aliphatic hydroxyl groups is 1. The van der Waals surface area contributed by atoms with E-state index in [1.54, 1.807) is 0 Å². The monoisotopic (exact) mass is 230 g/mol. The maximum atomic E-state index is 10.7. The van der Waals surface area contributed by atoms with Crippen molar-refractivity contribution in [3.8, 4) is 0 Å². The number of ether oxygens (including phenoxy) is 1. The second kappa shape index (κ2) is 4.31. The topological polar surface area (TPSA) is 84.6 Å². The molecular formula is C11H22N2O3. The van der Waals surface area contributed by atoms with E-state index in [2.05, 4.69) is 5.32 Å². The number of amides is 1. The normalized spacial score (nSPS) is 28.9. The molecule has 0 aliphatic carbocycles. The largest absolute Gasteiger partial charge is 0.382 e. The number of hydrogen-bond donors (Lipinski definition) is 3. The summed E-state index contributed by atoms with van der Waals surface area (Å²) >= 11 is 0. The molecule has 0 aromatic carbocycles. The Morgan fingerprint density at radius 3 is 2.50 bits per heavy atom. The molecule has 1 amide bonds. The molecule has 1 rings (SSSR count). The molecule has 1 saturated heterocycles. The Morgan fingerprint density at radius 2 is 2.12 bits per heavy atom. The van der Waals surface area contributed by atoms with Crippen LogP contribution in [-0.4, -0.2) is 40.9 Å².